The van der Waals surface area contributed by atoms with E-state index in [4.69, 9.17) is 9.47 Å². The number of likely N-dealkylation sites (tertiary alicyclic amines) is 1. The molecule has 1 saturated heterocycles. The van der Waals surface area contributed by atoms with Crippen molar-refractivity contribution < 1.29 is 19.1 Å². The minimum atomic E-state index is -0.508. The van der Waals surface area contributed by atoms with Gasteiger partial charge in [0.1, 0.15) is 6.04 Å². The number of nitrogens with zero attached hydrogens (tertiary/aromatic N) is 1. The van der Waals surface area contributed by atoms with Crippen molar-refractivity contribution in [1.29, 1.82) is 0 Å². The number of rotatable bonds is 4. The highest BCUT2D eigenvalue weighted by atomic mass is 16.7. The molecule has 1 aromatic carbocycles. The van der Waals surface area contributed by atoms with Crippen LogP contribution in [0.3, 0.4) is 0 Å². The summed E-state index contributed by atoms with van der Waals surface area (Å²) in [5, 5.41) is 2.87. The maximum Gasteiger partial charge on any atom is 0.252 e. The Labute approximate surface area is 135 Å². The smallest absolute Gasteiger partial charge is 0.252 e. The van der Waals surface area contributed by atoms with E-state index in [1.54, 1.807) is 18.2 Å². The zero-order valence-corrected chi connectivity index (χ0v) is 13.5. The predicted octanol–water partition coefficient (Wildman–Crippen LogP) is 1.79. The quantitative estimate of drug-likeness (QED) is 0.919. The molecule has 2 aliphatic rings. The van der Waals surface area contributed by atoms with E-state index in [-0.39, 0.29) is 24.5 Å². The van der Waals surface area contributed by atoms with Crippen LogP contribution in [0.4, 0.5) is 0 Å². The summed E-state index contributed by atoms with van der Waals surface area (Å²) in [6, 6.07) is 4.53. The average Bonchev–Trinajstić information content (AvgIpc) is 3.21. The van der Waals surface area contributed by atoms with Crippen molar-refractivity contribution in [2.24, 2.45) is 5.92 Å². The van der Waals surface area contributed by atoms with E-state index in [2.05, 4.69) is 5.32 Å². The number of benzene rings is 1. The van der Waals surface area contributed by atoms with Gasteiger partial charge in [0.25, 0.3) is 5.91 Å². The van der Waals surface area contributed by atoms with E-state index in [1.165, 1.54) is 0 Å². The van der Waals surface area contributed by atoms with Crippen LogP contribution in [-0.4, -0.2) is 42.6 Å². The highest BCUT2D eigenvalue weighted by Crippen LogP contribution is 2.32. The molecule has 0 bridgehead atoms. The first-order valence-corrected chi connectivity index (χ1v) is 8.05. The van der Waals surface area contributed by atoms with Gasteiger partial charge in [-0.1, -0.05) is 13.8 Å². The van der Waals surface area contributed by atoms with Gasteiger partial charge in [-0.25, -0.2) is 0 Å². The van der Waals surface area contributed by atoms with Gasteiger partial charge in [-0.15, -0.1) is 0 Å². The van der Waals surface area contributed by atoms with Crippen molar-refractivity contribution in [3.05, 3.63) is 23.8 Å². The van der Waals surface area contributed by atoms with Crippen LogP contribution in [0.25, 0.3) is 0 Å². The molecule has 23 heavy (non-hydrogen) atoms. The fraction of sp³-hybridized carbons (Fsp3) is 0.529. The second kappa shape index (κ2) is 6.48. The first-order valence-electron chi connectivity index (χ1n) is 8.05. The lowest BCUT2D eigenvalue weighted by Gasteiger charge is -2.26. The fourth-order valence-electron chi connectivity index (χ4n) is 2.91. The molecule has 0 aromatic heterocycles. The summed E-state index contributed by atoms with van der Waals surface area (Å²) in [5.74, 6) is 0.960. The molecule has 1 fully saturated rings. The van der Waals surface area contributed by atoms with Crippen molar-refractivity contribution in [3.8, 4) is 11.5 Å². The Kier molecular flexibility index (Phi) is 4.41. The third-order valence-corrected chi connectivity index (χ3v) is 4.27. The highest BCUT2D eigenvalue weighted by Gasteiger charge is 2.30. The monoisotopic (exact) mass is 318 g/mol. The first-order chi connectivity index (χ1) is 11.1. The summed E-state index contributed by atoms with van der Waals surface area (Å²) in [6.45, 7) is 5.61. The Morgan fingerprint density at radius 2 is 1.83 bits per heavy atom. The number of ether oxygens (including phenoxy) is 2. The van der Waals surface area contributed by atoms with E-state index in [0.29, 0.717) is 17.1 Å². The normalized spacial score (nSPS) is 17.4. The third-order valence-electron chi connectivity index (χ3n) is 4.27. The molecule has 1 N–H and O–H groups in total. The van der Waals surface area contributed by atoms with E-state index >= 15 is 0 Å². The molecule has 6 nitrogen and oxygen atoms in total. The van der Waals surface area contributed by atoms with E-state index in [1.807, 2.05) is 18.7 Å². The average molecular weight is 318 g/mol. The lowest BCUT2D eigenvalue weighted by Crippen LogP contribution is -2.50. The molecule has 1 atom stereocenters. The molecule has 3 rings (SSSR count). The number of amides is 2. The zero-order chi connectivity index (χ0) is 16.4. The molecule has 2 heterocycles. The Hall–Kier alpha value is -2.24. The van der Waals surface area contributed by atoms with E-state index < -0.39 is 6.04 Å². The fourth-order valence-corrected chi connectivity index (χ4v) is 2.91. The van der Waals surface area contributed by atoms with Gasteiger partial charge in [0.2, 0.25) is 12.7 Å². The van der Waals surface area contributed by atoms with Gasteiger partial charge in [0.15, 0.2) is 11.5 Å². The van der Waals surface area contributed by atoms with Crippen molar-refractivity contribution >= 4 is 11.8 Å². The van der Waals surface area contributed by atoms with Gasteiger partial charge in [-0.2, -0.15) is 0 Å². The van der Waals surface area contributed by atoms with Gasteiger partial charge < -0.3 is 19.7 Å². The molecule has 2 amide bonds. The topological polar surface area (TPSA) is 67.9 Å². The van der Waals surface area contributed by atoms with Crippen LogP contribution < -0.4 is 14.8 Å². The molecule has 0 spiro atoms. The van der Waals surface area contributed by atoms with Crippen LogP contribution in [0.1, 0.15) is 37.0 Å². The number of carbonyl (C=O) groups excluding carboxylic acids is 2. The van der Waals surface area contributed by atoms with Gasteiger partial charge >= 0.3 is 0 Å². The predicted molar refractivity (Wildman–Crippen MR) is 84.5 cm³/mol. The van der Waals surface area contributed by atoms with Crippen LogP contribution in [0, 0.1) is 5.92 Å². The molecule has 1 aromatic rings. The molecular formula is C17H22N2O4. The molecule has 2 aliphatic heterocycles. The van der Waals surface area contributed by atoms with Gasteiger partial charge in [0, 0.05) is 18.7 Å². The summed E-state index contributed by atoms with van der Waals surface area (Å²) in [4.78, 5) is 26.9. The summed E-state index contributed by atoms with van der Waals surface area (Å²) >= 11 is 0. The molecule has 0 radical (unpaired) electrons. The second-order valence-corrected chi connectivity index (χ2v) is 6.30. The van der Waals surface area contributed by atoms with E-state index in [9.17, 15) is 9.59 Å². The molecule has 0 aliphatic carbocycles. The first kappa shape index (κ1) is 15.6. The lowest BCUT2D eigenvalue weighted by atomic mass is 10.0. The highest BCUT2D eigenvalue weighted by molar-refractivity contribution is 5.98. The summed E-state index contributed by atoms with van der Waals surface area (Å²) < 4.78 is 10.5. The molecule has 0 unspecified atom stereocenters. The zero-order valence-electron chi connectivity index (χ0n) is 13.5. The lowest BCUT2D eigenvalue weighted by molar-refractivity contribution is -0.133. The Balaban J connectivity index is 1.72. The second-order valence-electron chi connectivity index (χ2n) is 6.30. The minimum Gasteiger partial charge on any atom is -0.454 e. The summed E-state index contributed by atoms with van der Waals surface area (Å²) in [5.41, 5.74) is 0.467. The van der Waals surface area contributed by atoms with Crippen LogP contribution in [-0.2, 0) is 4.79 Å². The van der Waals surface area contributed by atoms with Crippen molar-refractivity contribution in [1.82, 2.24) is 10.2 Å². The Morgan fingerprint density at radius 1 is 1.13 bits per heavy atom. The molecule has 124 valence electrons. The van der Waals surface area contributed by atoms with Crippen LogP contribution in [0.2, 0.25) is 0 Å². The number of carbonyl (C=O) groups is 2. The molecular weight excluding hydrogens is 296 g/mol. The maximum absolute atomic E-state index is 12.6. The number of hydrogen-bond acceptors (Lipinski definition) is 4. The summed E-state index contributed by atoms with van der Waals surface area (Å²) in [7, 11) is 0. The number of fused-ring (bicyclic) bond motifs is 1. The van der Waals surface area contributed by atoms with Gasteiger partial charge in [-0.05, 0) is 37.0 Å². The van der Waals surface area contributed by atoms with Gasteiger partial charge in [-0.3, -0.25) is 9.59 Å². The third kappa shape index (κ3) is 3.25. The van der Waals surface area contributed by atoms with Crippen molar-refractivity contribution in [2.45, 2.75) is 32.7 Å². The Bertz CT molecular complexity index is 609. The minimum absolute atomic E-state index is 0.00610. The summed E-state index contributed by atoms with van der Waals surface area (Å²) in [6.07, 6.45) is 2.07. The SMILES string of the molecule is CC(C)[C@@H](NC(=O)c1ccc2c(c1)OCO2)C(=O)N1CCCC1. The van der Waals surface area contributed by atoms with Crippen LogP contribution >= 0.6 is 0 Å². The van der Waals surface area contributed by atoms with Crippen LogP contribution in [0.5, 0.6) is 11.5 Å². The van der Waals surface area contributed by atoms with Gasteiger partial charge in [0.05, 0.1) is 0 Å². The van der Waals surface area contributed by atoms with E-state index in [0.717, 1.165) is 25.9 Å². The van der Waals surface area contributed by atoms with Crippen LogP contribution in [0.15, 0.2) is 18.2 Å². The molecule has 0 saturated carbocycles. The molecule has 6 heteroatoms. The number of nitrogens with one attached hydrogen (secondary N) is 1. The standard InChI is InChI=1S/C17H22N2O4/c1-11(2)15(17(21)19-7-3-4-8-19)18-16(20)12-5-6-13-14(9-12)23-10-22-13/h5-6,9,11,15H,3-4,7-8,10H2,1-2H3,(H,18,20)/t15-/m1/s1. The largest absolute Gasteiger partial charge is 0.454 e. The Morgan fingerprint density at radius 3 is 2.52 bits per heavy atom. The van der Waals surface area contributed by atoms with Crippen molar-refractivity contribution in [2.75, 3.05) is 19.9 Å². The maximum atomic E-state index is 12.6. The number of hydrogen-bond donors (Lipinski definition) is 1. The van der Waals surface area contributed by atoms with Crippen molar-refractivity contribution in [3.63, 3.8) is 0 Å².